The van der Waals surface area contributed by atoms with Gasteiger partial charge >= 0.3 is 5.97 Å². The van der Waals surface area contributed by atoms with Crippen LogP contribution in [0.4, 0.5) is 0 Å². The molecular weight excluding hydrogens is 226 g/mol. The lowest BCUT2D eigenvalue weighted by molar-refractivity contribution is -0.144. The van der Waals surface area contributed by atoms with E-state index in [4.69, 9.17) is 0 Å². The second-order valence-corrected chi connectivity index (χ2v) is 5.94. The van der Waals surface area contributed by atoms with Gasteiger partial charge in [-0.1, -0.05) is 44.9 Å². The van der Waals surface area contributed by atoms with Crippen LogP contribution in [0.3, 0.4) is 0 Å². The molecule has 1 N–H and O–H groups in total. The second kappa shape index (κ2) is 7.13. The van der Waals surface area contributed by atoms with Crippen LogP contribution in [0, 0.1) is 0 Å². The molecule has 0 spiro atoms. The standard InChI is InChI=1S/C15H27NO2/c17-15(18)14-11-7-4-8-12-16(14)13-9-5-2-1-3-6-10-13/h13-14H,1-12H2,(H,17,18). The van der Waals surface area contributed by atoms with Crippen LogP contribution in [0.5, 0.6) is 0 Å². The van der Waals surface area contributed by atoms with E-state index in [1.54, 1.807) is 0 Å². The van der Waals surface area contributed by atoms with Gasteiger partial charge in [-0.3, -0.25) is 9.69 Å². The van der Waals surface area contributed by atoms with Crippen LogP contribution in [0.2, 0.25) is 0 Å². The number of hydrogen-bond acceptors (Lipinski definition) is 2. The van der Waals surface area contributed by atoms with Crippen molar-refractivity contribution in [3.63, 3.8) is 0 Å². The first-order chi connectivity index (χ1) is 8.79. The number of likely N-dealkylation sites (tertiary alicyclic amines) is 1. The quantitative estimate of drug-likeness (QED) is 0.819. The molecule has 1 saturated heterocycles. The van der Waals surface area contributed by atoms with Crippen molar-refractivity contribution in [2.24, 2.45) is 0 Å². The molecule has 1 aliphatic carbocycles. The third kappa shape index (κ3) is 3.71. The Morgan fingerprint density at radius 1 is 0.833 bits per heavy atom. The summed E-state index contributed by atoms with van der Waals surface area (Å²) in [6, 6.07) is 0.321. The smallest absolute Gasteiger partial charge is 0.320 e. The van der Waals surface area contributed by atoms with Crippen molar-refractivity contribution >= 4 is 5.97 Å². The fourth-order valence-electron chi connectivity index (χ4n) is 3.60. The van der Waals surface area contributed by atoms with Gasteiger partial charge in [0.25, 0.3) is 0 Å². The second-order valence-electron chi connectivity index (χ2n) is 5.94. The molecule has 1 unspecified atom stereocenters. The highest BCUT2D eigenvalue weighted by atomic mass is 16.4. The van der Waals surface area contributed by atoms with E-state index >= 15 is 0 Å². The third-order valence-electron chi connectivity index (χ3n) is 4.62. The van der Waals surface area contributed by atoms with Crippen LogP contribution >= 0.6 is 0 Å². The molecule has 2 fully saturated rings. The fourth-order valence-corrected chi connectivity index (χ4v) is 3.60. The highest BCUT2D eigenvalue weighted by Crippen LogP contribution is 2.27. The minimum Gasteiger partial charge on any atom is -0.480 e. The molecule has 0 aromatic heterocycles. The van der Waals surface area contributed by atoms with Crippen molar-refractivity contribution in [1.82, 2.24) is 4.90 Å². The lowest BCUT2D eigenvalue weighted by atomic mass is 9.94. The van der Waals surface area contributed by atoms with E-state index in [-0.39, 0.29) is 6.04 Å². The lowest BCUT2D eigenvalue weighted by Crippen LogP contribution is -2.47. The predicted octanol–water partition coefficient (Wildman–Crippen LogP) is 3.43. The van der Waals surface area contributed by atoms with E-state index in [1.165, 1.54) is 57.8 Å². The molecule has 2 aliphatic rings. The Morgan fingerprint density at radius 3 is 2.06 bits per heavy atom. The normalized spacial score (nSPS) is 29.2. The summed E-state index contributed by atoms with van der Waals surface area (Å²) in [5.74, 6) is -0.598. The van der Waals surface area contributed by atoms with E-state index in [0.717, 1.165) is 19.4 Å². The molecule has 1 heterocycles. The molecule has 2 rings (SSSR count). The topological polar surface area (TPSA) is 40.5 Å². The molecule has 3 nitrogen and oxygen atoms in total. The predicted molar refractivity (Wildman–Crippen MR) is 72.7 cm³/mol. The molecule has 0 aromatic rings. The molecule has 18 heavy (non-hydrogen) atoms. The Bertz CT molecular complexity index is 259. The zero-order valence-electron chi connectivity index (χ0n) is 11.4. The number of carboxylic acid groups (broad SMARTS) is 1. The fraction of sp³-hybridized carbons (Fsp3) is 0.933. The van der Waals surface area contributed by atoms with Gasteiger partial charge in [-0.25, -0.2) is 0 Å². The first-order valence-corrected chi connectivity index (χ1v) is 7.77. The maximum Gasteiger partial charge on any atom is 0.320 e. The molecule has 0 bridgehead atoms. The average Bonchev–Trinajstić information content (AvgIpc) is 2.54. The number of hydrogen-bond donors (Lipinski definition) is 1. The van der Waals surface area contributed by atoms with Crippen LogP contribution in [-0.2, 0) is 4.79 Å². The summed E-state index contributed by atoms with van der Waals surface area (Å²) >= 11 is 0. The van der Waals surface area contributed by atoms with E-state index in [0.29, 0.717) is 6.04 Å². The number of carboxylic acids is 1. The average molecular weight is 253 g/mol. The molecular formula is C15H27NO2. The van der Waals surface area contributed by atoms with Crippen LogP contribution in [-0.4, -0.2) is 34.6 Å². The maximum absolute atomic E-state index is 11.5. The van der Waals surface area contributed by atoms with E-state index in [1.807, 2.05) is 0 Å². The van der Waals surface area contributed by atoms with Crippen molar-refractivity contribution in [2.75, 3.05) is 6.54 Å². The summed E-state index contributed by atoms with van der Waals surface area (Å²) in [4.78, 5) is 13.8. The van der Waals surface area contributed by atoms with Crippen LogP contribution in [0.1, 0.15) is 70.6 Å². The number of carbonyl (C=O) groups is 1. The number of aliphatic carboxylic acids is 1. The van der Waals surface area contributed by atoms with Gasteiger partial charge in [0, 0.05) is 6.04 Å². The largest absolute Gasteiger partial charge is 0.480 e. The molecule has 104 valence electrons. The minimum atomic E-state index is -0.598. The molecule has 3 heteroatoms. The van der Waals surface area contributed by atoms with Gasteiger partial charge in [-0.15, -0.1) is 0 Å². The number of rotatable bonds is 2. The zero-order chi connectivity index (χ0) is 12.8. The van der Waals surface area contributed by atoms with E-state index in [9.17, 15) is 9.90 Å². The van der Waals surface area contributed by atoms with Gasteiger partial charge in [0.2, 0.25) is 0 Å². The van der Waals surface area contributed by atoms with Gasteiger partial charge in [0.05, 0.1) is 0 Å². The third-order valence-corrected chi connectivity index (χ3v) is 4.62. The van der Waals surface area contributed by atoms with Crippen LogP contribution in [0.15, 0.2) is 0 Å². The summed E-state index contributed by atoms with van der Waals surface area (Å²) in [5, 5.41) is 9.45. The van der Waals surface area contributed by atoms with Gasteiger partial charge in [-0.2, -0.15) is 0 Å². The summed E-state index contributed by atoms with van der Waals surface area (Å²) in [5.41, 5.74) is 0. The van der Waals surface area contributed by atoms with E-state index in [2.05, 4.69) is 4.90 Å². The zero-order valence-corrected chi connectivity index (χ0v) is 11.4. The lowest BCUT2D eigenvalue weighted by Gasteiger charge is -2.36. The SMILES string of the molecule is O=C(O)C1CCCCCN1C1CCCCCCC1. The summed E-state index contributed by atoms with van der Waals surface area (Å²) < 4.78 is 0. The Labute approximate surface area is 111 Å². The Balaban J connectivity index is 2.02. The molecule has 1 saturated carbocycles. The van der Waals surface area contributed by atoms with Gasteiger partial charge in [0.15, 0.2) is 0 Å². The molecule has 1 aliphatic heterocycles. The molecule has 0 amide bonds. The van der Waals surface area contributed by atoms with Crippen LogP contribution < -0.4 is 0 Å². The van der Waals surface area contributed by atoms with Gasteiger partial charge in [0.1, 0.15) is 6.04 Å². The summed E-state index contributed by atoms with van der Waals surface area (Å²) in [7, 11) is 0. The van der Waals surface area contributed by atoms with Crippen molar-refractivity contribution in [2.45, 2.75) is 82.7 Å². The Morgan fingerprint density at radius 2 is 1.39 bits per heavy atom. The Kier molecular flexibility index (Phi) is 5.48. The molecule has 0 aromatic carbocycles. The van der Waals surface area contributed by atoms with Gasteiger partial charge in [-0.05, 0) is 32.2 Å². The first-order valence-electron chi connectivity index (χ1n) is 7.77. The van der Waals surface area contributed by atoms with Crippen molar-refractivity contribution in [1.29, 1.82) is 0 Å². The van der Waals surface area contributed by atoms with Crippen molar-refractivity contribution in [3.8, 4) is 0 Å². The maximum atomic E-state index is 11.5. The molecule has 1 atom stereocenters. The number of nitrogens with zero attached hydrogens (tertiary/aromatic N) is 1. The minimum absolute atomic E-state index is 0.211. The van der Waals surface area contributed by atoms with Crippen molar-refractivity contribution in [3.05, 3.63) is 0 Å². The monoisotopic (exact) mass is 253 g/mol. The van der Waals surface area contributed by atoms with E-state index < -0.39 is 5.97 Å². The van der Waals surface area contributed by atoms with Crippen molar-refractivity contribution < 1.29 is 9.90 Å². The Hall–Kier alpha value is -0.570. The van der Waals surface area contributed by atoms with Gasteiger partial charge < -0.3 is 5.11 Å². The first kappa shape index (κ1) is 13.9. The summed E-state index contributed by atoms with van der Waals surface area (Å²) in [6.07, 6.45) is 13.4. The van der Waals surface area contributed by atoms with Crippen LogP contribution in [0.25, 0.3) is 0 Å². The highest BCUT2D eigenvalue weighted by Gasteiger charge is 2.32. The summed E-state index contributed by atoms with van der Waals surface area (Å²) in [6.45, 7) is 1.00. The molecule has 0 radical (unpaired) electrons. The highest BCUT2D eigenvalue weighted by molar-refractivity contribution is 5.73.